The molecule has 1 saturated heterocycles. The van der Waals surface area contributed by atoms with Crippen molar-refractivity contribution in [1.82, 2.24) is 0 Å². The van der Waals surface area contributed by atoms with Crippen LogP contribution in [0.3, 0.4) is 0 Å². The number of allylic oxidation sites excluding steroid dienone is 5. The van der Waals surface area contributed by atoms with E-state index in [4.69, 9.17) is 4.74 Å². The molecule has 7 rings (SSSR count). The largest absolute Gasteiger partial charge is 0.489 e. The van der Waals surface area contributed by atoms with Crippen LogP contribution in [0.1, 0.15) is 37.7 Å². The molecule has 0 spiro atoms. The van der Waals surface area contributed by atoms with Gasteiger partial charge < -0.3 is 9.64 Å². The summed E-state index contributed by atoms with van der Waals surface area (Å²) in [5, 5.41) is 9.80. The Morgan fingerprint density at radius 3 is 2.97 bits per heavy atom. The van der Waals surface area contributed by atoms with Crippen LogP contribution in [0, 0.1) is 28.6 Å². The smallest absolute Gasteiger partial charge is 0.130 e. The maximum atomic E-state index is 9.80. The fraction of sp³-hybridized carbons (Fsp3) is 0.355. The van der Waals surface area contributed by atoms with Crippen LogP contribution in [0.5, 0.6) is 0 Å². The summed E-state index contributed by atoms with van der Waals surface area (Å²) >= 11 is 0. The molecule has 0 bridgehead atoms. The van der Waals surface area contributed by atoms with E-state index < -0.39 is 0 Å². The Kier molecular flexibility index (Phi) is 4.58. The molecule has 1 aromatic rings. The molecule has 1 aromatic carbocycles. The first-order chi connectivity index (χ1) is 17.2. The molecule has 35 heavy (non-hydrogen) atoms. The standard InChI is InChI=1S/C31H29N3O/c1-31-17-7-6-14-28(31)35-30-23(31)15-16-27-29(30)22-10-3-5-13-26(22)34(27)25-12-4-2-9-21(25)20-11-8-18-33-24(20)19-32/h2-4,6-10,12,14-18,20,22,26-29H,5,11,13H2,1H3. The number of para-hydroxylation sites is 1. The van der Waals surface area contributed by atoms with Crippen molar-refractivity contribution in [2.75, 3.05) is 4.90 Å². The molecule has 4 heteroatoms. The third-order valence-electron chi connectivity index (χ3n) is 8.91. The molecule has 7 unspecified atom stereocenters. The Hall–Kier alpha value is -3.58. The van der Waals surface area contributed by atoms with Gasteiger partial charge >= 0.3 is 0 Å². The lowest BCUT2D eigenvalue weighted by molar-refractivity contribution is 0.105. The second-order valence-electron chi connectivity index (χ2n) is 10.6. The quantitative estimate of drug-likeness (QED) is 0.499. The van der Waals surface area contributed by atoms with Gasteiger partial charge in [0, 0.05) is 41.3 Å². The number of hydrogen-bond donors (Lipinski definition) is 0. The van der Waals surface area contributed by atoms with E-state index in [-0.39, 0.29) is 23.5 Å². The van der Waals surface area contributed by atoms with Gasteiger partial charge in [0.2, 0.25) is 0 Å². The molecule has 3 aliphatic heterocycles. The Bertz CT molecular complexity index is 1330. The summed E-state index contributed by atoms with van der Waals surface area (Å²) in [7, 11) is 0. The molecule has 3 aliphatic carbocycles. The molecular formula is C31H29N3O. The summed E-state index contributed by atoms with van der Waals surface area (Å²) in [5.74, 6) is 1.88. The molecular weight excluding hydrogens is 430 g/mol. The van der Waals surface area contributed by atoms with Crippen molar-refractivity contribution < 1.29 is 4.74 Å². The number of nitriles is 1. The highest BCUT2D eigenvalue weighted by Gasteiger charge is 2.56. The van der Waals surface area contributed by atoms with Crippen LogP contribution in [-0.2, 0) is 4.74 Å². The second-order valence-corrected chi connectivity index (χ2v) is 10.6. The normalized spacial score (nSPS) is 37.8. The fourth-order valence-corrected chi connectivity index (χ4v) is 7.26. The van der Waals surface area contributed by atoms with Gasteiger partial charge in [-0.05, 0) is 43.9 Å². The van der Waals surface area contributed by atoms with Crippen LogP contribution < -0.4 is 4.90 Å². The van der Waals surface area contributed by atoms with Gasteiger partial charge in [0.15, 0.2) is 0 Å². The van der Waals surface area contributed by atoms with E-state index in [1.54, 1.807) is 6.20 Å². The minimum atomic E-state index is -0.0998. The predicted octanol–water partition coefficient (Wildman–Crippen LogP) is 6.15. The average molecular weight is 460 g/mol. The second kappa shape index (κ2) is 7.71. The van der Waals surface area contributed by atoms with Gasteiger partial charge in [0.1, 0.15) is 23.6 Å². The van der Waals surface area contributed by atoms with Crippen molar-refractivity contribution in [1.29, 1.82) is 5.26 Å². The fourth-order valence-electron chi connectivity index (χ4n) is 7.26. The summed E-state index contributed by atoms with van der Waals surface area (Å²) in [5.41, 5.74) is 4.29. The van der Waals surface area contributed by atoms with Crippen molar-refractivity contribution in [3.63, 3.8) is 0 Å². The van der Waals surface area contributed by atoms with Crippen LogP contribution >= 0.6 is 0 Å². The Morgan fingerprint density at radius 1 is 1.14 bits per heavy atom. The van der Waals surface area contributed by atoms with Crippen LogP contribution in [-0.4, -0.2) is 23.9 Å². The van der Waals surface area contributed by atoms with Crippen LogP contribution in [0.4, 0.5) is 5.69 Å². The molecule has 1 fully saturated rings. The van der Waals surface area contributed by atoms with Gasteiger partial charge in [0.05, 0.1) is 11.5 Å². The number of rotatable bonds is 2. The third-order valence-corrected chi connectivity index (χ3v) is 8.91. The molecule has 4 nitrogen and oxygen atoms in total. The average Bonchev–Trinajstić information content (AvgIpc) is 3.40. The number of benzene rings is 1. The molecule has 3 heterocycles. The van der Waals surface area contributed by atoms with Gasteiger partial charge in [-0.1, -0.05) is 66.8 Å². The first kappa shape index (κ1) is 20.8. The highest BCUT2D eigenvalue weighted by molar-refractivity contribution is 6.05. The predicted molar refractivity (Wildman–Crippen MR) is 139 cm³/mol. The van der Waals surface area contributed by atoms with Crippen LogP contribution in [0.15, 0.2) is 101 Å². The maximum Gasteiger partial charge on any atom is 0.130 e. The molecule has 0 radical (unpaired) electrons. The van der Waals surface area contributed by atoms with Crippen LogP contribution in [0.2, 0.25) is 0 Å². The van der Waals surface area contributed by atoms with Gasteiger partial charge in [-0.2, -0.15) is 5.26 Å². The van der Waals surface area contributed by atoms with Crippen molar-refractivity contribution in [2.45, 2.75) is 50.3 Å². The third kappa shape index (κ3) is 2.88. The van der Waals surface area contributed by atoms with E-state index in [2.05, 4.69) is 102 Å². The SMILES string of the molecule is CC12C=CC=CC1OC1=C2C=CC2C1C1C=CCCC1N2c1ccccc1C1CC=CN=C1C#N. The van der Waals surface area contributed by atoms with E-state index in [0.717, 1.165) is 19.3 Å². The number of hydrogen-bond acceptors (Lipinski definition) is 4. The Labute approximate surface area is 207 Å². The topological polar surface area (TPSA) is 48.6 Å². The lowest BCUT2D eigenvalue weighted by atomic mass is 9.71. The van der Waals surface area contributed by atoms with Crippen molar-refractivity contribution in [3.05, 3.63) is 102 Å². The lowest BCUT2D eigenvalue weighted by Gasteiger charge is -2.37. The minimum Gasteiger partial charge on any atom is -0.489 e. The number of ether oxygens (including phenoxy) is 1. The highest BCUT2D eigenvalue weighted by atomic mass is 16.5. The van der Waals surface area contributed by atoms with Gasteiger partial charge in [-0.15, -0.1) is 0 Å². The molecule has 0 saturated carbocycles. The zero-order valence-corrected chi connectivity index (χ0v) is 19.9. The zero-order chi connectivity index (χ0) is 23.6. The summed E-state index contributed by atoms with van der Waals surface area (Å²) in [6.45, 7) is 2.31. The lowest BCUT2D eigenvalue weighted by Crippen LogP contribution is -2.39. The van der Waals surface area contributed by atoms with Crippen molar-refractivity contribution in [2.24, 2.45) is 22.2 Å². The summed E-state index contributed by atoms with van der Waals surface area (Å²) in [6, 6.07) is 11.7. The Balaban J connectivity index is 1.34. The van der Waals surface area contributed by atoms with Gasteiger partial charge in [0.25, 0.3) is 0 Å². The van der Waals surface area contributed by atoms with Crippen molar-refractivity contribution >= 4 is 11.4 Å². The number of nitrogens with zero attached hydrogens (tertiary/aromatic N) is 3. The molecule has 7 atom stereocenters. The minimum absolute atomic E-state index is 0.0000328. The summed E-state index contributed by atoms with van der Waals surface area (Å²) in [6.07, 6.45) is 25.3. The van der Waals surface area contributed by atoms with Crippen molar-refractivity contribution in [3.8, 4) is 6.07 Å². The first-order valence-electron chi connectivity index (χ1n) is 12.8. The number of anilines is 1. The van der Waals surface area contributed by atoms with Crippen LogP contribution in [0.25, 0.3) is 0 Å². The number of aliphatic imine (C=N–C) groups is 1. The molecule has 174 valence electrons. The van der Waals surface area contributed by atoms with E-state index in [0.29, 0.717) is 23.6 Å². The molecule has 0 N–H and O–H groups in total. The van der Waals surface area contributed by atoms with Gasteiger partial charge in [-0.3, -0.25) is 0 Å². The van der Waals surface area contributed by atoms with E-state index in [9.17, 15) is 5.26 Å². The highest BCUT2D eigenvalue weighted by Crippen LogP contribution is 2.57. The Morgan fingerprint density at radius 2 is 2.06 bits per heavy atom. The summed E-state index contributed by atoms with van der Waals surface area (Å²) in [4.78, 5) is 7.07. The van der Waals surface area contributed by atoms with E-state index in [1.165, 1.54) is 22.6 Å². The summed E-state index contributed by atoms with van der Waals surface area (Å²) < 4.78 is 6.76. The molecule has 0 aromatic heterocycles. The van der Waals surface area contributed by atoms with E-state index >= 15 is 0 Å². The van der Waals surface area contributed by atoms with E-state index in [1.807, 2.05) is 0 Å². The zero-order valence-electron chi connectivity index (χ0n) is 19.9. The molecule has 0 amide bonds. The first-order valence-corrected chi connectivity index (χ1v) is 12.8. The monoisotopic (exact) mass is 459 g/mol. The van der Waals surface area contributed by atoms with Gasteiger partial charge in [-0.25, -0.2) is 4.99 Å². The number of fused-ring (bicyclic) bond motifs is 6. The molecule has 6 aliphatic rings. The maximum absolute atomic E-state index is 9.80.